The van der Waals surface area contributed by atoms with E-state index < -0.39 is 0 Å². The number of hydrogen-bond donors (Lipinski definition) is 1. The molecule has 1 heterocycles. The number of benzene rings is 1. The number of carbonyl (C=O) groups excluding carboxylic acids is 1. The SMILES string of the molecule is CC(N)C1CCCCN1C(=O)CCOc1ccc(Cl)cc1. The van der Waals surface area contributed by atoms with Crippen molar-refractivity contribution in [3.05, 3.63) is 29.3 Å². The Morgan fingerprint density at radius 3 is 2.81 bits per heavy atom. The highest BCUT2D eigenvalue weighted by Crippen LogP contribution is 2.20. The van der Waals surface area contributed by atoms with Crippen LogP contribution in [0.25, 0.3) is 0 Å². The van der Waals surface area contributed by atoms with Crippen LogP contribution in [0, 0.1) is 0 Å². The maximum atomic E-state index is 12.3. The van der Waals surface area contributed by atoms with Crippen LogP contribution in [0.4, 0.5) is 0 Å². The lowest BCUT2D eigenvalue weighted by Gasteiger charge is -2.38. The number of ether oxygens (including phenoxy) is 1. The van der Waals surface area contributed by atoms with Gasteiger partial charge in [0.2, 0.25) is 5.91 Å². The topological polar surface area (TPSA) is 55.6 Å². The summed E-state index contributed by atoms with van der Waals surface area (Å²) in [6, 6.07) is 7.34. The Morgan fingerprint density at radius 1 is 1.43 bits per heavy atom. The van der Waals surface area contributed by atoms with Crippen LogP contribution in [-0.2, 0) is 4.79 Å². The van der Waals surface area contributed by atoms with Crippen LogP contribution in [0.1, 0.15) is 32.6 Å². The lowest BCUT2D eigenvalue weighted by molar-refractivity contribution is -0.135. The van der Waals surface area contributed by atoms with E-state index in [0.29, 0.717) is 18.1 Å². The fourth-order valence-electron chi connectivity index (χ4n) is 2.74. The minimum Gasteiger partial charge on any atom is -0.493 e. The van der Waals surface area contributed by atoms with Crippen molar-refractivity contribution in [3.8, 4) is 5.75 Å². The van der Waals surface area contributed by atoms with E-state index in [1.165, 1.54) is 0 Å². The van der Waals surface area contributed by atoms with E-state index in [2.05, 4.69) is 0 Å². The lowest BCUT2D eigenvalue weighted by Crippen LogP contribution is -2.51. The van der Waals surface area contributed by atoms with E-state index >= 15 is 0 Å². The first-order valence-electron chi connectivity index (χ1n) is 7.51. The fraction of sp³-hybridized carbons (Fsp3) is 0.562. The zero-order chi connectivity index (χ0) is 15.2. The largest absolute Gasteiger partial charge is 0.493 e. The third kappa shape index (κ3) is 4.61. The summed E-state index contributed by atoms with van der Waals surface area (Å²) in [6.45, 7) is 3.16. The molecule has 1 aromatic rings. The maximum absolute atomic E-state index is 12.3. The molecule has 0 saturated carbocycles. The van der Waals surface area contributed by atoms with Gasteiger partial charge in [-0.3, -0.25) is 4.79 Å². The summed E-state index contributed by atoms with van der Waals surface area (Å²) in [5.74, 6) is 0.862. The van der Waals surface area contributed by atoms with Crippen LogP contribution in [0.3, 0.4) is 0 Å². The van der Waals surface area contributed by atoms with Crippen LogP contribution in [0.15, 0.2) is 24.3 Å². The highest BCUT2D eigenvalue weighted by molar-refractivity contribution is 6.30. The quantitative estimate of drug-likeness (QED) is 0.910. The highest BCUT2D eigenvalue weighted by Gasteiger charge is 2.28. The van der Waals surface area contributed by atoms with Crippen molar-refractivity contribution < 1.29 is 9.53 Å². The first-order chi connectivity index (χ1) is 10.1. The molecular formula is C16H23ClN2O2. The van der Waals surface area contributed by atoms with Crippen molar-refractivity contribution in [1.82, 2.24) is 4.90 Å². The monoisotopic (exact) mass is 310 g/mol. The first-order valence-corrected chi connectivity index (χ1v) is 7.89. The summed E-state index contributed by atoms with van der Waals surface area (Å²) in [7, 11) is 0. The molecule has 2 rings (SSSR count). The molecule has 4 nitrogen and oxygen atoms in total. The second-order valence-corrected chi connectivity index (χ2v) is 6.00. The number of piperidine rings is 1. The Bertz CT molecular complexity index is 462. The number of nitrogens with two attached hydrogens (primary N) is 1. The molecule has 0 aromatic heterocycles. The Morgan fingerprint density at radius 2 is 2.14 bits per heavy atom. The van der Waals surface area contributed by atoms with Crippen molar-refractivity contribution in [3.63, 3.8) is 0 Å². The average molecular weight is 311 g/mol. The van der Waals surface area contributed by atoms with Crippen molar-refractivity contribution >= 4 is 17.5 Å². The predicted octanol–water partition coefficient (Wildman–Crippen LogP) is 2.84. The van der Waals surface area contributed by atoms with Gasteiger partial charge in [-0.25, -0.2) is 0 Å². The van der Waals surface area contributed by atoms with Crippen molar-refractivity contribution in [2.45, 2.75) is 44.7 Å². The molecule has 21 heavy (non-hydrogen) atoms. The van der Waals surface area contributed by atoms with Crippen LogP contribution < -0.4 is 10.5 Å². The smallest absolute Gasteiger partial charge is 0.226 e. The van der Waals surface area contributed by atoms with Gasteiger partial charge in [-0.15, -0.1) is 0 Å². The number of nitrogens with zero attached hydrogens (tertiary/aromatic N) is 1. The zero-order valence-corrected chi connectivity index (χ0v) is 13.2. The van der Waals surface area contributed by atoms with Gasteiger partial charge in [0.05, 0.1) is 13.0 Å². The molecule has 0 aliphatic carbocycles. The Kier molecular flexibility index (Phi) is 5.88. The number of rotatable bonds is 5. The van der Waals surface area contributed by atoms with Crippen molar-refractivity contribution in [2.75, 3.05) is 13.2 Å². The molecule has 0 bridgehead atoms. The normalized spacial score (nSPS) is 20.1. The fourth-order valence-corrected chi connectivity index (χ4v) is 2.87. The van der Waals surface area contributed by atoms with Gasteiger partial charge in [0.25, 0.3) is 0 Å². The molecule has 2 atom stereocenters. The zero-order valence-electron chi connectivity index (χ0n) is 12.4. The van der Waals surface area contributed by atoms with E-state index in [-0.39, 0.29) is 18.0 Å². The van der Waals surface area contributed by atoms with Gasteiger partial charge in [-0.1, -0.05) is 11.6 Å². The predicted molar refractivity (Wildman–Crippen MR) is 84.6 cm³/mol. The van der Waals surface area contributed by atoms with Gasteiger partial charge in [0.15, 0.2) is 0 Å². The van der Waals surface area contributed by atoms with Crippen LogP contribution in [0.2, 0.25) is 5.02 Å². The highest BCUT2D eigenvalue weighted by atomic mass is 35.5. The van der Waals surface area contributed by atoms with Crippen LogP contribution >= 0.6 is 11.6 Å². The summed E-state index contributed by atoms with van der Waals surface area (Å²) < 4.78 is 5.58. The molecule has 1 saturated heterocycles. The standard InChI is InChI=1S/C16H23ClN2O2/c1-12(18)15-4-2-3-10-19(15)16(20)9-11-21-14-7-5-13(17)6-8-14/h5-8,12,15H,2-4,9-11,18H2,1H3. The van der Waals surface area contributed by atoms with Gasteiger partial charge in [0, 0.05) is 23.7 Å². The summed E-state index contributed by atoms with van der Waals surface area (Å²) in [5.41, 5.74) is 5.99. The van der Waals surface area contributed by atoms with Gasteiger partial charge < -0.3 is 15.4 Å². The first kappa shape index (κ1) is 16.1. The van der Waals surface area contributed by atoms with E-state index in [1.807, 2.05) is 11.8 Å². The number of likely N-dealkylation sites (tertiary alicyclic amines) is 1. The third-order valence-electron chi connectivity index (χ3n) is 3.87. The van der Waals surface area contributed by atoms with Gasteiger partial charge in [-0.05, 0) is 50.5 Å². The van der Waals surface area contributed by atoms with Crippen LogP contribution in [0.5, 0.6) is 5.75 Å². The Balaban J connectivity index is 1.81. The Hall–Kier alpha value is -1.26. The van der Waals surface area contributed by atoms with Gasteiger partial charge >= 0.3 is 0 Å². The molecule has 2 N–H and O–H groups in total. The van der Waals surface area contributed by atoms with Crippen molar-refractivity contribution in [1.29, 1.82) is 0 Å². The summed E-state index contributed by atoms with van der Waals surface area (Å²) in [4.78, 5) is 14.3. The molecule has 1 fully saturated rings. The van der Waals surface area contributed by atoms with Crippen molar-refractivity contribution in [2.24, 2.45) is 5.73 Å². The van der Waals surface area contributed by atoms with E-state index in [1.54, 1.807) is 24.3 Å². The molecule has 1 aliphatic rings. The molecule has 0 radical (unpaired) electrons. The number of amides is 1. The summed E-state index contributed by atoms with van der Waals surface area (Å²) in [5, 5.41) is 0.673. The van der Waals surface area contributed by atoms with Gasteiger partial charge in [0.1, 0.15) is 5.75 Å². The minimum atomic E-state index is 0.0198. The molecular weight excluding hydrogens is 288 g/mol. The minimum absolute atomic E-state index is 0.0198. The van der Waals surface area contributed by atoms with E-state index in [4.69, 9.17) is 22.1 Å². The molecule has 116 valence electrons. The third-order valence-corrected chi connectivity index (χ3v) is 4.13. The Labute approximate surface area is 131 Å². The molecule has 0 spiro atoms. The molecule has 5 heteroatoms. The van der Waals surface area contributed by atoms with Crippen LogP contribution in [-0.4, -0.2) is 36.0 Å². The molecule has 1 amide bonds. The molecule has 2 unspecified atom stereocenters. The number of carbonyl (C=O) groups is 1. The van der Waals surface area contributed by atoms with E-state index in [0.717, 1.165) is 31.6 Å². The van der Waals surface area contributed by atoms with E-state index in [9.17, 15) is 4.79 Å². The lowest BCUT2D eigenvalue weighted by atomic mass is 9.96. The summed E-state index contributed by atoms with van der Waals surface area (Å²) in [6.07, 6.45) is 3.59. The molecule has 1 aromatic carbocycles. The number of hydrogen-bond acceptors (Lipinski definition) is 3. The average Bonchev–Trinajstić information content (AvgIpc) is 2.49. The maximum Gasteiger partial charge on any atom is 0.226 e. The second-order valence-electron chi connectivity index (χ2n) is 5.56. The van der Waals surface area contributed by atoms with Gasteiger partial charge in [-0.2, -0.15) is 0 Å². The second kappa shape index (κ2) is 7.66. The molecule has 1 aliphatic heterocycles. The number of halogens is 1. The summed E-state index contributed by atoms with van der Waals surface area (Å²) >= 11 is 5.82.